The van der Waals surface area contributed by atoms with E-state index in [4.69, 9.17) is 4.74 Å². The number of ether oxygens (including phenoxy) is 1. The molecule has 0 saturated heterocycles. The summed E-state index contributed by atoms with van der Waals surface area (Å²) in [7, 11) is 1.66. The average molecular weight is 206 g/mol. The van der Waals surface area contributed by atoms with Crippen LogP contribution in [0.4, 0.5) is 0 Å². The maximum absolute atomic E-state index is 12.1. The Hall–Kier alpha value is -1.05. The van der Waals surface area contributed by atoms with Crippen LogP contribution in [0.25, 0.3) is 0 Å². The fraction of sp³-hybridized carbons (Fsp3) is 0.615. The van der Waals surface area contributed by atoms with Crippen molar-refractivity contribution in [3.05, 3.63) is 24.0 Å². The van der Waals surface area contributed by atoms with E-state index in [0.29, 0.717) is 11.7 Å². The van der Waals surface area contributed by atoms with Crippen LogP contribution in [0, 0.1) is 11.3 Å². The first-order valence-electron chi connectivity index (χ1n) is 5.64. The minimum absolute atomic E-state index is 0.231. The van der Waals surface area contributed by atoms with Gasteiger partial charge in [-0.2, -0.15) is 0 Å². The molecule has 2 aliphatic rings. The summed E-state index contributed by atoms with van der Waals surface area (Å²) in [5.41, 5.74) is 0.938. The van der Waals surface area contributed by atoms with Gasteiger partial charge in [-0.1, -0.05) is 19.1 Å². The predicted molar refractivity (Wildman–Crippen MR) is 59.3 cm³/mol. The Morgan fingerprint density at radius 2 is 2.40 bits per heavy atom. The Morgan fingerprint density at radius 1 is 1.60 bits per heavy atom. The van der Waals surface area contributed by atoms with Crippen molar-refractivity contribution in [3.63, 3.8) is 0 Å². The van der Waals surface area contributed by atoms with Gasteiger partial charge >= 0.3 is 0 Å². The molecule has 0 N–H and O–H groups in total. The van der Waals surface area contributed by atoms with Crippen LogP contribution in [-0.4, -0.2) is 12.9 Å². The van der Waals surface area contributed by atoms with E-state index in [0.717, 1.165) is 25.7 Å². The molecule has 2 rings (SSSR count). The molecular formula is C13H18O2. The summed E-state index contributed by atoms with van der Waals surface area (Å²) in [4.78, 5) is 12.1. The van der Waals surface area contributed by atoms with Crippen LogP contribution >= 0.6 is 0 Å². The lowest BCUT2D eigenvalue weighted by Gasteiger charge is -2.37. The number of rotatable bonds is 1. The molecule has 0 bridgehead atoms. The van der Waals surface area contributed by atoms with Crippen LogP contribution in [-0.2, 0) is 9.53 Å². The first-order chi connectivity index (χ1) is 7.21. The Labute approximate surface area is 91.0 Å². The van der Waals surface area contributed by atoms with Gasteiger partial charge in [0.25, 0.3) is 0 Å². The fourth-order valence-electron chi connectivity index (χ4n) is 3.04. The SMILES string of the molecule is CO/C=C1\CC=C[C@@H](C)[C@]12CCCC2=O. The summed E-state index contributed by atoms with van der Waals surface area (Å²) in [6.45, 7) is 2.14. The van der Waals surface area contributed by atoms with Crippen molar-refractivity contribution in [2.75, 3.05) is 7.11 Å². The Balaban J connectivity index is 2.44. The highest BCUT2D eigenvalue weighted by Crippen LogP contribution is 2.51. The summed E-state index contributed by atoms with van der Waals surface area (Å²) in [6, 6.07) is 0. The minimum Gasteiger partial charge on any atom is -0.504 e. The van der Waals surface area contributed by atoms with Crippen LogP contribution < -0.4 is 0 Å². The molecule has 2 atom stereocenters. The molecule has 2 heteroatoms. The van der Waals surface area contributed by atoms with Crippen LogP contribution in [0.3, 0.4) is 0 Å². The molecule has 2 nitrogen and oxygen atoms in total. The molecule has 1 fully saturated rings. The number of carbonyl (C=O) groups excluding carboxylic acids is 1. The molecule has 1 spiro atoms. The summed E-state index contributed by atoms with van der Waals surface area (Å²) in [5, 5.41) is 0. The third-order valence-corrected chi connectivity index (χ3v) is 3.85. The average Bonchev–Trinajstić information content (AvgIpc) is 2.58. The standard InChI is InChI=1S/C13H18O2/c1-10-5-3-6-11(9-15-2)13(10)8-4-7-12(13)14/h3,5,9-10H,4,6-8H2,1-2H3/b11-9+/t10-,13-/m1/s1. The number of hydrogen-bond donors (Lipinski definition) is 0. The Bertz CT molecular complexity index is 327. The second-order valence-electron chi connectivity index (χ2n) is 4.55. The maximum Gasteiger partial charge on any atom is 0.143 e. The van der Waals surface area contributed by atoms with Crippen molar-refractivity contribution >= 4 is 5.78 Å². The van der Waals surface area contributed by atoms with E-state index in [1.807, 2.05) is 0 Å². The van der Waals surface area contributed by atoms with Crippen molar-refractivity contribution < 1.29 is 9.53 Å². The van der Waals surface area contributed by atoms with Gasteiger partial charge in [0.2, 0.25) is 0 Å². The lowest BCUT2D eigenvalue weighted by molar-refractivity contribution is -0.125. The molecule has 82 valence electrons. The Morgan fingerprint density at radius 3 is 3.00 bits per heavy atom. The van der Waals surface area contributed by atoms with Crippen molar-refractivity contribution in [3.8, 4) is 0 Å². The maximum atomic E-state index is 12.1. The van der Waals surface area contributed by atoms with E-state index in [-0.39, 0.29) is 5.41 Å². The number of carbonyl (C=O) groups is 1. The molecule has 0 aromatic heterocycles. The molecular weight excluding hydrogens is 188 g/mol. The van der Waals surface area contributed by atoms with Crippen molar-refractivity contribution in [1.82, 2.24) is 0 Å². The lowest BCUT2D eigenvalue weighted by atomic mass is 9.65. The molecule has 0 aromatic rings. The largest absolute Gasteiger partial charge is 0.504 e. The van der Waals surface area contributed by atoms with Crippen molar-refractivity contribution in [2.24, 2.45) is 11.3 Å². The van der Waals surface area contributed by atoms with Gasteiger partial charge in [0, 0.05) is 6.42 Å². The van der Waals surface area contributed by atoms with E-state index in [1.165, 1.54) is 5.57 Å². The minimum atomic E-state index is -0.231. The molecule has 0 unspecified atom stereocenters. The summed E-state index contributed by atoms with van der Waals surface area (Å²) in [5.74, 6) is 0.727. The molecule has 0 aromatic carbocycles. The van der Waals surface area contributed by atoms with Gasteiger partial charge in [0.15, 0.2) is 0 Å². The zero-order valence-corrected chi connectivity index (χ0v) is 9.45. The van der Waals surface area contributed by atoms with Gasteiger partial charge < -0.3 is 4.74 Å². The Kier molecular flexibility index (Phi) is 2.68. The second kappa shape index (κ2) is 3.84. The molecule has 0 amide bonds. The summed E-state index contributed by atoms with van der Waals surface area (Å²) < 4.78 is 5.12. The molecule has 0 radical (unpaired) electrons. The molecule has 0 aliphatic heterocycles. The molecule has 15 heavy (non-hydrogen) atoms. The van der Waals surface area contributed by atoms with Gasteiger partial charge in [-0.15, -0.1) is 0 Å². The number of allylic oxidation sites excluding steroid dienone is 3. The number of ketones is 1. The summed E-state index contributed by atoms with van der Waals surface area (Å²) >= 11 is 0. The second-order valence-corrected chi connectivity index (χ2v) is 4.55. The highest BCUT2D eigenvalue weighted by Gasteiger charge is 2.49. The van der Waals surface area contributed by atoms with E-state index in [2.05, 4.69) is 19.1 Å². The first kappa shape index (κ1) is 10.5. The van der Waals surface area contributed by atoms with Crippen LogP contribution in [0.1, 0.15) is 32.6 Å². The number of Topliss-reactive ketones (excluding diaryl/α,β-unsaturated/α-hetero) is 1. The van der Waals surface area contributed by atoms with Crippen LogP contribution in [0.5, 0.6) is 0 Å². The zero-order valence-electron chi connectivity index (χ0n) is 9.45. The van der Waals surface area contributed by atoms with E-state index >= 15 is 0 Å². The quantitative estimate of drug-likeness (QED) is 0.487. The van der Waals surface area contributed by atoms with Crippen LogP contribution in [0.15, 0.2) is 24.0 Å². The van der Waals surface area contributed by atoms with Gasteiger partial charge in [0.1, 0.15) is 5.78 Å². The van der Waals surface area contributed by atoms with Gasteiger partial charge in [0.05, 0.1) is 18.8 Å². The first-order valence-corrected chi connectivity index (χ1v) is 5.64. The summed E-state index contributed by atoms with van der Waals surface area (Å²) in [6.07, 6.45) is 9.72. The zero-order chi connectivity index (χ0) is 10.9. The van der Waals surface area contributed by atoms with E-state index in [9.17, 15) is 4.79 Å². The lowest BCUT2D eigenvalue weighted by Crippen LogP contribution is -2.36. The van der Waals surface area contributed by atoms with Gasteiger partial charge in [-0.05, 0) is 30.8 Å². The molecule has 0 heterocycles. The van der Waals surface area contributed by atoms with Gasteiger partial charge in [-0.25, -0.2) is 0 Å². The van der Waals surface area contributed by atoms with Gasteiger partial charge in [-0.3, -0.25) is 4.79 Å². The van der Waals surface area contributed by atoms with Crippen molar-refractivity contribution in [2.45, 2.75) is 32.6 Å². The predicted octanol–water partition coefficient (Wildman–Crippen LogP) is 2.85. The number of methoxy groups -OCH3 is 1. The fourth-order valence-corrected chi connectivity index (χ4v) is 3.04. The topological polar surface area (TPSA) is 26.3 Å². The van der Waals surface area contributed by atoms with E-state index < -0.39 is 0 Å². The highest BCUT2D eigenvalue weighted by atomic mass is 16.5. The molecule has 2 aliphatic carbocycles. The normalized spacial score (nSPS) is 37.9. The number of hydrogen-bond acceptors (Lipinski definition) is 2. The highest BCUT2D eigenvalue weighted by molar-refractivity contribution is 5.90. The van der Waals surface area contributed by atoms with Crippen LogP contribution in [0.2, 0.25) is 0 Å². The van der Waals surface area contributed by atoms with Crippen molar-refractivity contribution in [1.29, 1.82) is 0 Å². The smallest absolute Gasteiger partial charge is 0.143 e. The molecule has 1 saturated carbocycles. The third-order valence-electron chi connectivity index (χ3n) is 3.85. The van der Waals surface area contributed by atoms with E-state index in [1.54, 1.807) is 13.4 Å². The third kappa shape index (κ3) is 1.43. The monoisotopic (exact) mass is 206 g/mol.